The second-order valence-corrected chi connectivity index (χ2v) is 11.3. The molecule has 0 spiro atoms. The molecule has 0 aromatic carbocycles. The molecule has 15 heteroatoms. The second-order valence-electron chi connectivity index (χ2n) is 3.06. The minimum Gasteiger partial charge on any atom is -0.433 e. The summed E-state index contributed by atoms with van der Waals surface area (Å²) >= 11 is 14.2. The average molecular weight is 397 g/mol. The molecule has 0 radical (unpaired) electrons. The molecule has 120 valence electrons. The Bertz CT molecular complexity index is 345. The number of ether oxygens (including phenoxy) is 1. The molecule has 0 amide bonds. The van der Waals surface area contributed by atoms with Gasteiger partial charge in [-0.1, -0.05) is 0 Å². The number of rotatable bonds is 2. The van der Waals surface area contributed by atoms with Gasteiger partial charge in [-0.05, 0) is 0 Å². The maximum absolute atomic E-state index is 12.3. The van der Waals surface area contributed by atoms with Crippen LogP contribution >= 0.6 is 33.2 Å². The highest BCUT2D eigenvalue weighted by Gasteiger charge is 2.87. The molecule has 0 saturated heterocycles. The molecule has 20 heavy (non-hydrogen) atoms. The first-order valence-corrected chi connectivity index (χ1v) is 8.92. The summed E-state index contributed by atoms with van der Waals surface area (Å²) in [6.45, 7) is 0. The fourth-order valence-electron chi connectivity index (χ4n) is 0.853. The van der Waals surface area contributed by atoms with E-state index < -0.39 is 35.7 Å². The van der Waals surface area contributed by atoms with E-state index in [2.05, 4.69) is 4.74 Å². The van der Waals surface area contributed by atoms with Crippen LogP contribution in [-0.4, -0.2) is 35.7 Å². The Balaban J connectivity index is 6.15. The number of alkyl halides is 9. The van der Waals surface area contributed by atoms with Crippen LogP contribution in [0.25, 0.3) is 0 Å². The molecule has 0 heterocycles. The minimum atomic E-state index is -7.07. The van der Waals surface area contributed by atoms with Gasteiger partial charge in [0.2, 0.25) is 0 Å². The SMILES string of the molecule is O=C(OC(C(F)(F)F)(C(F)(F)F)C(F)(F)F)[Si](Cl)(Cl)Cl. The van der Waals surface area contributed by atoms with Crippen molar-refractivity contribution in [3.63, 3.8) is 0 Å². The third-order valence-electron chi connectivity index (χ3n) is 1.67. The van der Waals surface area contributed by atoms with Crippen molar-refractivity contribution in [1.82, 2.24) is 0 Å². The summed E-state index contributed by atoms with van der Waals surface area (Å²) in [5.41, 5.74) is -9.63. The molecule has 0 aromatic heterocycles. The van der Waals surface area contributed by atoms with Gasteiger partial charge in [-0.15, -0.1) is 33.2 Å². The van der Waals surface area contributed by atoms with E-state index in [1.54, 1.807) is 0 Å². The van der Waals surface area contributed by atoms with Crippen molar-refractivity contribution in [2.45, 2.75) is 24.1 Å². The maximum Gasteiger partial charge on any atom is 0.463 e. The van der Waals surface area contributed by atoms with E-state index in [1.165, 1.54) is 0 Å². The predicted molar refractivity (Wildman–Crippen MR) is 50.7 cm³/mol. The van der Waals surface area contributed by atoms with Crippen molar-refractivity contribution in [3.8, 4) is 0 Å². The third kappa shape index (κ3) is 3.57. The van der Waals surface area contributed by atoms with Gasteiger partial charge < -0.3 is 4.74 Å². The summed E-state index contributed by atoms with van der Waals surface area (Å²) < 4.78 is 113. The summed E-state index contributed by atoms with van der Waals surface area (Å²) in [6, 6.07) is -5.05. The molecular formula is C5Cl3F9O2Si. The van der Waals surface area contributed by atoms with Gasteiger partial charge in [-0.2, -0.15) is 39.5 Å². The number of hydrogen-bond acceptors (Lipinski definition) is 2. The van der Waals surface area contributed by atoms with E-state index in [9.17, 15) is 44.3 Å². The van der Waals surface area contributed by atoms with E-state index in [-0.39, 0.29) is 0 Å². The third-order valence-corrected chi connectivity index (χ3v) is 3.63. The molecular weight excluding hydrogens is 397 g/mol. The van der Waals surface area contributed by atoms with Gasteiger partial charge in [0.25, 0.3) is 0 Å². The molecule has 2 nitrogen and oxygen atoms in total. The summed E-state index contributed by atoms with van der Waals surface area (Å²) in [5.74, 6) is 0. The van der Waals surface area contributed by atoms with Crippen molar-refractivity contribution in [3.05, 3.63) is 0 Å². The van der Waals surface area contributed by atoms with Crippen LogP contribution in [0.1, 0.15) is 0 Å². The zero-order valence-corrected chi connectivity index (χ0v) is 11.6. The Morgan fingerprint density at radius 2 is 1.00 bits per heavy atom. The first-order valence-electron chi connectivity index (χ1n) is 3.88. The Hall–Kier alpha value is -0.0731. The van der Waals surface area contributed by atoms with E-state index in [4.69, 9.17) is 33.2 Å². The van der Waals surface area contributed by atoms with Gasteiger partial charge in [0, 0.05) is 0 Å². The van der Waals surface area contributed by atoms with Gasteiger partial charge in [0.1, 0.15) is 0 Å². The van der Waals surface area contributed by atoms with Crippen molar-refractivity contribution < 1.29 is 49.0 Å². The maximum atomic E-state index is 12.3. The Morgan fingerprint density at radius 1 is 0.750 bits per heavy atom. The van der Waals surface area contributed by atoms with E-state index in [0.717, 1.165) is 0 Å². The standard InChI is InChI=1S/C5Cl3F9O2Si/c6-20(7,8)1(18)19-2(3(9,10)11,4(12,13)14)5(15,16)17. The van der Waals surface area contributed by atoms with Gasteiger partial charge in [-0.25, -0.2) is 0 Å². The number of carbonyl (C=O) groups is 1. The Morgan fingerprint density at radius 3 is 1.15 bits per heavy atom. The van der Waals surface area contributed by atoms with E-state index in [0.29, 0.717) is 0 Å². The predicted octanol–water partition coefficient (Wildman–Crippen LogP) is 4.79. The largest absolute Gasteiger partial charge is 0.463 e. The number of halogens is 12. The normalized spacial score (nSPS) is 15.2. The molecule has 0 aliphatic heterocycles. The summed E-state index contributed by atoms with van der Waals surface area (Å²) in [5, 5.41) is 0. The highest BCUT2D eigenvalue weighted by Crippen LogP contribution is 2.55. The lowest BCUT2D eigenvalue weighted by Crippen LogP contribution is -2.69. The minimum absolute atomic E-state index is 2.55. The molecule has 0 aliphatic rings. The van der Waals surface area contributed by atoms with Gasteiger partial charge in [0.05, 0.1) is 0 Å². The molecule has 0 atom stereocenters. The number of carbonyl (C=O) groups excluding carboxylic acids is 1. The van der Waals surface area contributed by atoms with Crippen LogP contribution in [0.15, 0.2) is 0 Å². The molecule has 0 aromatic rings. The lowest BCUT2D eigenvalue weighted by atomic mass is 10.0. The molecule has 0 rings (SSSR count). The zero-order chi connectivity index (χ0) is 16.8. The highest BCUT2D eigenvalue weighted by molar-refractivity contribution is 7.74. The van der Waals surface area contributed by atoms with Crippen LogP contribution in [0.4, 0.5) is 44.3 Å². The first-order chi connectivity index (χ1) is 8.38. The van der Waals surface area contributed by atoms with E-state index in [1.807, 2.05) is 0 Å². The molecule has 0 N–H and O–H groups in total. The van der Waals surface area contributed by atoms with Gasteiger partial charge in [0.15, 0.2) is 0 Å². The van der Waals surface area contributed by atoms with Crippen LogP contribution in [0.5, 0.6) is 0 Å². The van der Waals surface area contributed by atoms with Crippen molar-refractivity contribution >= 4 is 44.8 Å². The van der Waals surface area contributed by atoms with Gasteiger partial charge in [-0.3, -0.25) is 4.79 Å². The molecule has 0 saturated carbocycles. The molecule has 0 fully saturated rings. The second kappa shape index (κ2) is 5.28. The topological polar surface area (TPSA) is 26.3 Å². The van der Waals surface area contributed by atoms with Crippen molar-refractivity contribution in [2.24, 2.45) is 0 Å². The number of hydrogen-bond donors (Lipinski definition) is 0. The van der Waals surface area contributed by atoms with E-state index >= 15 is 0 Å². The average Bonchev–Trinajstić information content (AvgIpc) is 2.04. The Labute approximate surface area is 118 Å². The molecule has 0 bridgehead atoms. The Kier molecular flexibility index (Phi) is 5.27. The highest BCUT2D eigenvalue weighted by atomic mass is 35.8. The zero-order valence-electron chi connectivity index (χ0n) is 8.35. The van der Waals surface area contributed by atoms with Gasteiger partial charge >= 0.3 is 35.7 Å². The van der Waals surface area contributed by atoms with Crippen molar-refractivity contribution in [2.75, 3.05) is 0 Å². The smallest absolute Gasteiger partial charge is 0.433 e. The van der Waals surface area contributed by atoms with Crippen LogP contribution in [0.3, 0.4) is 0 Å². The summed E-state index contributed by atoms with van der Waals surface area (Å²) in [4.78, 5) is 10.8. The van der Waals surface area contributed by atoms with Crippen LogP contribution in [-0.2, 0) is 4.74 Å². The van der Waals surface area contributed by atoms with Crippen molar-refractivity contribution in [1.29, 1.82) is 0 Å². The lowest BCUT2D eigenvalue weighted by molar-refractivity contribution is -0.442. The van der Waals surface area contributed by atoms with Crippen LogP contribution in [0, 0.1) is 0 Å². The van der Waals surface area contributed by atoms with Crippen LogP contribution < -0.4 is 0 Å². The fraction of sp³-hybridized carbons (Fsp3) is 0.800. The monoisotopic (exact) mass is 396 g/mol. The van der Waals surface area contributed by atoms with Crippen LogP contribution in [0.2, 0.25) is 0 Å². The molecule has 0 unspecified atom stereocenters. The summed E-state index contributed by atoms with van der Waals surface area (Å²) in [6.07, 6.45) is -21.2. The lowest BCUT2D eigenvalue weighted by Gasteiger charge is -2.37. The fourth-order valence-corrected chi connectivity index (χ4v) is 1.47. The molecule has 0 aliphatic carbocycles. The first kappa shape index (κ1) is 19.9. The summed E-state index contributed by atoms with van der Waals surface area (Å²) in [7, 11) is 0. The quantitative estimate of drug-likeness (QED) is 0.381.